The average Bonchev–Trinajstić information content (AvgIpc) is 3.04. The molecule has 0 unspecified atom stereocenters. The minimum absolute atomic E-state index is 0.0761. The number of rotatable bonds is 4. The normalized spacial score (nSPS) is 11.4. The smallest absolute Gasteiger partial charge is 0.345 e. The first-order valence-corrected chi connectivity index (χ1v) is 8.03. The summed E-state index contributed by atoms with van der Waals surface area (Å²) in [5.41, 5.74) is 0.327. The molecule has 0 radical (unpaired) electrons. The molecule has 2 aromatic heterocycles. The first-order valence-electron chi connectivity index (χ1n) is 6.33. The number of nitrogens with one attached hydrogen (secondary N) is 1. The van der Waals surface area contributed by atoms with Crippen LogP contribution in [-0.2, 0) is 12.0 Å². The van der Waals surface area contributed by atoms with E-state index in [1.807, 2.05) is 20.8 Å². The molecule has 2 rings (SSSR count). The van der Waals surface area contributed by atoms with Crippen molar-refractivity contribution >= 4 is 34.6 Å². The molecule has 7 heteroatoms. The monoisotopic (exact) mass is 324 g/mol. The van der Waals surface area contributed by atoms with Gasteiger partial charge < -0.3 is 10.4 Å². The Labute approximate surface area is 130 Å². The Morgan fingerprint density at radius 3 is 2.57 bits per heavy atom. The molecule has 2 N–H and O–H groups in total. The van der Waals surface area contributed by atoms with Crippen LogP contribution in [0.2, 0.25) is 0 Å². The number of carboxylic acid groups (broad SMARTS) is 1. The van der Waals surface area contributed by atoms with Crippen molar-refractivity contribution in [3.05, 3.63) is 38.0 Å². The van der Waals surface area contributed by atoms with Crippen LogP contribution >= 0.6 is 22.7 Å². The highest BCUT2D eigenvalue weighted by molar-refractivity contribution is 7.13. The maximum Gasteiger partial charge on any atom is 0.345 e. The lowest BCUT2D eigenvalue weighted by Gasteiger charge is -2.13. The van der Waals surface area contributed by atoms with Crippen molar-refractivity contribution < 1.29 is 14.7 Å². The minimum atomic E-state index is -0.952. The summed E-state index contributed by atoms with van der Waals surface area (Å²) in [6, 6.07) is 3.24. The van der Waals surface area contributed by atoms with E-state index in [0.29, 0.717) is 12.2 Å². The Kier molecular flexibility index (Phi) is 4.43. The van der Waals surface area contributed by atoms with Gasteiger partial charge in [-0.05, 0) is 12.1 Å². The summed E-state index contributed by atoms with van der Waals surface area (Å²) in [7, 11) is 0. The van der Waals surface area contributed by atoms with Crippen molar-refractivity contribution in [2.24, 2.45) is 0 Å². The number of nitrogens with zero attached hydrogens (tertiary/aromatic N) is 1. The topological polar surface area (TPSA) is 79.3 Å². The van der Waals surface area contributed by atoms with E-state index in [1.54, 1.807) is 11.4 Å². The predicted molar refractivity (Wildman–Crippen MR) is 83.3 cm³/mol. The van der Waals surface area contributed by atoms with Gasteiger partial charge in [0.05, 0.1) is 11.6 Å². The molecule has 0 saturated heterocycles. The summed E-state index contributed by atoms with van der Waals surface area (Å²) >= 11 is 2.62. The quantitative estimate of drug-likeness (QED) is 0.905. The zero-order valence-electron chi connectivity index (χ0n) is 12.0. The van der Waals surface area contributed by atoms with Gasteiger partial charge >= 0.3 is 5.97 Å². The minimum Gasteiger partial charge on any atom is -0.477 e. The molecule has 0 saturated carbocycles. The van der Waals surface area contributed by atoms with E-state index in [-0.39, 0.29) is 16.2 Å². The van der Waals surface area contributed by atoms with Crippen LogP contribution in [0.3, 0.4) is 0 Å². The van der Waals surface area contributed by atoms with Gasteiger partial charge in [-0.2, -0.15) is 0 Å². The van der Waals surface area contributed by atoms with E-state index in [2.05, 4.69) is 10.3 Å². The molecule has 0 aliphatic heterocycles. The third-order valence-electron chi connectivity index (χ3n) is 2.67. The van der Waals surface area contributed by atoms with E-state index >= 15 is 0 Å². The summed E-state index contributed by atoms with van der Waals surface area (Å²) in [5, 5.41) is 14.3. The molecular weight excluding hydrogens is 308 g/mol. The Bertz CT molecular complexity index is 668. The number of carbonyl (C=O) groups excluding carboxylic acids is 1. The number of hydrogen-bond donors (Lipinski definition) is 2. The van der Waals surface area contributed by atoms with Gasteiger partial charge in [0.15, 0.2) is 0 Å². The lowest BCUT2D eigenvalue weighted by atomic mass is 9.98. The number of aromatic nitrogens is 1. The van der Waals surface area contributed by atoms with Crippen molar-refractivity contribution in [3.8, 4) is 0 Å². The molecule has 112 valence electrons. The van der Waals surface area contributed by atoms with Crippen molar-refractivity contribution in [3.63, 3.8) is 0 Å². The molecule has 0 fully saturated rings. The number of thiazole rings is 1. The average molecular weight is 324 g/mol. The highest BCUT2D eigenvalue weighted by atomic mass is 32.1. The van der Waals surface area contributed by atoms with Crippen LogP contribution in [0.4, 0.5) is 0 Å². The lowest BCUT2D eigenvalue weighted by molar-refractivity contribution is 0.0702. The molecule has 0 aliphatic carbocycles. The van der Waals surface area contributed by atoms with E-state index in [9.17, 15) is 9.59 Å². The first kappa shape index (κ1) is 15.7. The van der Waals surface area contributed by atoms with Crippen LogP contribution in [0.25, 0.3) is 0 Å². The fourth-order valence-corrected chi connectivity index (χ4v) is 3.24. The second-order valence-electron chi connectivity index (χ2n) is 5.54. The van der Waals surface area contributed by atoms with Crippen molar-refractivity contribution in [1.29, 1.82) is 0 Å². The number of hydrogen-bond acceptors (Lipinski definition) is 5. The predicted octanol–water partition coefficient (Wildman–Crippen LogP) is 3.13. The molecule has 2 aromatic rings. The van der Waals surface area contributed by atoms with Gasteiger partial charge in [0.1, 0.15) is 10.6 Å². The standard InChI is InChI=1S/C14H16N2O3S2/c1-14(2,3)13-16-9(7-20-13)11(17)15-6-8-4-5-10(21-8)12(18)19/h4-5,7H,6H2,1-3H3,(H,15,17)(H,18,19). The van der Waals surface area contributed by atoms with E-state index in [1.165, 1.54) is 17.4 Å². The molecular formula is C14H16N2O3S2. The Balaban J connectivity index is 1.98. The summed E-state index contributed by atoms with van der Waals surface area (Å²) in [4.78, 5) is 28.2. The fraction of sp³-hybridized carbons (Fsp3) is 0.357. The molecule has 0 spiro atoms. The van der Waals surface area contributed by atoms with Gasteiger partial charge in [0, 0.05) is 15.7 Å². The van der Waals surface area contributed by atoms with Gasteiger partial charge in [0.2, 0.25) is 0 Å². The molecule has 5 nitrogen and oxygen atoms in total. The first-order chi connectivity index (χ1) is 9.77. The lowest BCUT2D eigenvalue weighted by Crippen LogP contribution is -2.23. The fourth-order valence-electron chi connectivity index (χ4n) is 1.57. The summed E-state index contributed by atoms with van der Waals surface area (Å²) in [6.07, 6.45) is 0. The van der Waals surface area contributed by atoms with E-state index in [0.717, 1.165) is 21.2 Å². The van der Waals surface area contributed by atoms with Crippen LogP contribution in [-0.4, -0.2) is 22.0 Å². The Morgan fingerprint density at radius 1 is 1.33 bits per heavy atom. The van der Waals surface area contributed by atoms with Crippen molar-refractivity contribution in [1.82, 2.24) is 10.3 Å². The Morgan fingerprint density at radius 2 is 2.05 bits per heavy atom. The molecule has 2 heterocycles. The maximum atomic E-state index is 12.0. The van der Waals surface area contributed by atoms with Gasteiger partial charge in [-0.15, -0.1) is 22.7 Å². The molecule has 1 amide bonds. The van der Waals surface area contributed by atoms with Crippen LogP contribution < -0.4 is 5.32 Å². The maximum absolute atomic E-state index is 12.0. The van der Waals surface area contributed by atoms with Crippen LogP contribution in [0.5, 0.6) is 0 Å². The second kappa shape index (κ2) is 5.95. The van der Waals surface area contributed by atoms with Crippen molar-refractivity contribution in [2.45, 2.75) is 32.7 Å². The van der Waals surface area contributed by atoms with Gasteiger partial charge in [0.25, 0.3) is 5.91 Å². The zero-order chi connectivity index (χ0) is 15.6. The largest absolute Gasteiger partial charge is 0.477 e. The number of thiophene rings is 1. The van der Waals surface area contributed by atoms with Crippen LogP contribution in [0.1, 0.15) is 50.8 Å². The third kappa shape index (κ3) is 3.89. The third-order valence-corrected chi connectivity index (χ3v) is 5.02. The van der Waals surface area contributed by atoms with Crippen LogP contribution in [0.15, 0.2) is 17.5 Å². The second-order valence-corrected chi connectivity index (χ2v) is 7.57. The highest BCUT2D eigenvalue weighted by Crippen LogP contribution is 2.25. The molecule has 0 aliphatic rings. The van der Waals surface area contributed by atoms with Gasteiger partial charge in [-0.25, -0.2) is 9.78 Å². The van der Waals surface area contributed by atoms with E-state index in [4.69, 9.17) is 5.11 Å². The van der Waals surface area contributed by atoms with Crippen LogP contribution in [0, 0.1) is 0 Å². The number of amides is 1. The summed E-state index contributed by atoms with van der Waals surface area (Å²) in [6.45, 7) is 6.45. The highest BCUT2D eigenvalue weighted by Gasteiger charge is 2.20. The summed E-state index contributed by atoms with van der Waals surface area (Å²) in [5.74, 6) is -1.20. The van der Waals surface area contributed by atoms with E-state index < -0.39 is 5.97 Å². The molecule has 0 aromatic carbocycles. The number of aromatic carboxylic acids is 1. The zero-order valence-corrected chi connectivity index (χ0v) is 13.6. The van der Waals surface area contributed by atoms with Crippen molar-refractivity contribution in [2.75, 3.05) is 0 Å². The molecule has 0 bridgehead atoms. The number of carbonyl (C=O) groups is 2. The van der Waals surface area contributed by atoms with Gasteiger partial charge in [-0.3, -0.25) is 4.79 Å². The molecule has 0 atom stereocenters. The van der Waals surface area contributed by atoms with Gasteiger partial charge in [-0.1, -0.05) is 20.8 Å². The SMILES string of the molecule is CC(C)(C)c1nc(C(=O)NCc2ccc(C(=O)O)s2)cs1. The number of carboxylic acids is 1. The Hall–Kier alpha value is -1.73. The molecule has 21 heavy (non-hydrogen) atoms. The summed E-state index contributed by atoms with van der Waals surface area (Å²) < 4.78 is 0.